The molecule has 5 N–H and O–H groups in total. The van der Waals surface area contributed by atoms with Crippen LogP contribution in [0.15, 0.2) is 0 Å². The van der Waals surface area contributed by atoms with E-state index in [0.717, 1.165) is 11.5 Å². The summed E-state index contributed by atoms with van der Waals surface area (Å²) in [4.78, 5) is 23.3. The Morgan fingerprint density at radius 3 is 2.55 bits per heavy atom. The number of rotatable bonds is 5. The molecule has 0 bridgehead atoms. The van der Waals surface area contributed by atoms with Crippen LogP contribution in [0.4, 0.5) is 10.8 Å². The fraction of sp³-hybridized carbons (Fsp3) is 0.583. The van der Waals surface area contributed by atoms with Crippen LogP contribution in [0.3, 0.4) is 0 Å². The summed E-state index contributed by atoms with van der Waals surface area (Å²) in [5, 5.41) is 8.97. The van der Waals surface area contributed by atoms with E-state index in [1.807, 2.05) is 20.8 Å². The van der Waals surface area contributed by atoms with E-state index in [2.05, 4.69) is 20.3 Å². The maximum absolute atomic E-state index is 11.7. The molecule has 0 aliphatic carbocycles. The van der Waals surface area contributed by atoms with Gasteiger partial charge in [-0.2, -0.15) is 4.37 Å². The lowest BCUT2D eigenvalue weighted by atomic mass is 10.1. The Balaban J connectivity index is 2.55. The molecule has 0 aliphatic heterocycles. The number of anilines is 2. The maximum Gasteiger partial charge on any atom is 0.257 e. The van der Waals surface area contributed by atoms with Gasteiger partial charge in [0.25, 0.3) is 5.91 Å². The Labute approximate surface area is 122 Å². The lowest BCUT2D eigenvalue weighted by Gasteiger charge is -2.20. The fourth-order valence-electron chi connectivity index (χ4n) is 1.54. The van der Waals surface area contributed by atoms with Crippen LogP contribution >= 0.6 is 11.5 Å². The molecule has 20 heavy (non-hydrogen) atoms. The molecule has 0 radical (unpaired) electrons. The van der Waals surface area contributed by atoms with Gasteiger partial charge in [0.05, 0.1) is 0 Å². The predicted octanol–water partition coefficient (Wildman–Crippen LogP) is 0.802. The first-order chi connectivity index (χ1) is 9.24. The molecule has 1 aromatic rings. The first-order valence-corrected chi connectivity index (χ1v) is 7.04. The number of nitrogens with one attached hydrogen (secondary N) is 3. The van der Waals surface area contributed by atoms with E-state index in [0.29, 0.717) is 23.5 Å². The molecule has 2 amide bonds. The SMILES string of the molecule is CNC(=O)c1c(N)nsc1NCCC(=O)NC(C)(C)C. The molecule has 112 valence electrons. The number of nitrogens with two attached hydrogens (primary N) is 1. The Kier molecular flexibility index (Phi) is 5.32. The number of hydrogen-bond acceptors (Lipinski definition) is 6. The van der Waals surface area contributed by atoms with Crippen LogP contribution in [-0.4, -0.2) is 35.3 Å². The second-order valence-corrected chi connectivity index (χ2v) is 6.10. The Hall–Kier alpha value is -1.83. The van der Waals surface area contributed by atoms with Gasteiger partial charge in [-0.05, 0) is 32.3 Å². The van der Waals surface area contributed by atoms with Gasteiger partial charge in [-0.15, -0.1) is 0 Å². The average Bonchev–Trinajstić information content (AvgIpc) is 2.67. The number of carbonyl (C=O) groups excluding carboxylic acids is 2. The maximum atomic E-state index is 11.7. The number of nitrogens with zero attached hydrogens (tertiary/aromatic N) is 1. The first-order valence-electron chi connectivity index (χ1n) is 6.26. The van der Waals surface area contributed by atoms with Crippen LogP contribution in [0.5, 0.6) is 0 Å². The predicted molar refractivity (Wildman–Crippen MR) is 80.9 cm³/mol. The molecule has 1 aromatic heterocycles. The minimum absolute atomic E-state index is 0.0519. The summed E-state index contributed by atoms with van der Waals surface area (Å²) in [5.74, 6) is -0.155. The second-order valence-electron chi connectivity index (χ2n) is 5.33. The molecule has 7 nitrogen and oxygen atoms in total. The van der Waals surface area contributed by atoms with Gasteiger partial charge >= 0.3 is 0 Å². The van der Waals surface area contributed by atoms with E-state index < -0.39 is 0 Å². The highest BCUT2D eigenvalue weighted by Crippen LogP contribution is 2.26. The molecule has 0 saturated carbocycles. The molecule has 8 heteroatoms. The summed E-state index contributed by atoms with van der Waals surface area (Å²) in [6.45, 7) is 6.18. The summed E-state index contributed by atoms with van der Waals surface area (Å²) >= 11 is 1.11. The molecule has 0 aliphatic rings. The van der Waals surface area contributed by atoms with Crippen molar-refractivity contribution in [1.82, 2.24) is 15.0 Å². The van der Waals surface area contributed by atoms with Crippen molar-refractivity contribution in [2.24, 2.45) is 0 Å². The Morgan fingerprint density at radius 2 is 2.00 bits per heavy atom. The van der Waals surface area contributed by atoms with Crippen molar-refractivity contribution in [3.63, 3.8) is 0 Å². The normalized spacial score (nSPS) is 11.0. The molecule has 0 fully saturated rings. The average molecular weight is 299 g/mol. The highest BCUT2D eigenvalue weighted by Gasteiger charge is 2.18. The van der Waals surface area contributed by atoms with E-state index in [4.69, 9.17) is 5.73 Å². The summed E-state index contributed by atoms with van der Waals surface area (Å²) in [6, 6.07) is 0. The van der Waals surface area contributed by atoms with Crippen LogP contribution in [0.1, 0.15) is 37.6 Å². The van der Waals surface area contributed by atoms with Gasteiger partial charge in [-0.1, -0.05) is 0 Å². The van der Waals surface area contributed by atoms with Gasteiger partial charge in [0.2, 0.25) is 5.91 Å². The van der Waals surface area contributed by atoms with Gasteiger partial charge in [0.1, 0.15) is 10.6 Å². The number of amides is 2. The van der Waals surface area contributed by atoms with Gasteiger partial charge in [-0.3, -0.25) is 9.59 Å². The minimum Gasteiger partial charge on any atom is -0.382 e. The van der Waals surface area contributed by atoms with Gasteiger partial charge in [0, 0.05) is 25.6 Å². The van der Waals surface area contributed by atoms with Crippen LogP contribution in [0.25, 0.3) is 0 Å². The lowest BCUT2D eigenvalue weighted by Crippen LogP contribution is -2.41. The van der Waals surface area contributed by atoms with Gasteiger partial charge in [0.15, 0.2) is 5.82 Å². The van der Waals surface area contributed by atoms with E-state index in [1.54, 1.807) is 0 Å². The highest BCUT2D eigenvalue weighted by molar-refractivity contribution is 7.11. The third kappa shape index (κ3) is 4.69. The molecule has 0 spiro atoms. The van der Waals surface area contributed by atoms with Crippen molar-refractivity contribution in [1.29, 1.82) is 0 Å². The van der Waals surface area contributed by atoms with Crippen LogP contribution in [0, 0.1) is 0 Å². The molecule has 1 rings (SSSR count). The third-order valence-electron chi connectivity index (χ3n) is 2.32. The van der Waals surface area contributed by atoms with Crippen LogP contribution < -0.4 is 21.7 Å². The Morgan fingerprint density at radius 1 is 1.35 bits per heavy atom. The second kappa shape index (κ2) is 6.56. The molecule has 0 saturated heterocycles. The van der Waals surface area contributed by atoms with E-state index in [9.17, 15) is 9.59 Å². The largest absolute Gasteiger partial charge is 0.382 e. The zero-order valence-corrected chi connectivity index (χ0v) is 13.0. The van der Waals surface area contributed by atoms with Crippen molar-refractivity contribution >= 4 is 34.2 Å². The molecule has 1 heterocycles. The van der Waals surface area contributed by atoms with Crippen molar-refractivity contribution in [3.05, 3.63) is 5.56 Å². The Bertz CT molecular complexity index is 493. The molecule has 0 aromatic carbocycles. The standard InChI is InChI=1S/C12H21N5O2S/c1-12(2,3)16-7(18)5-6-15-11-8(10(19)14-4)9(13)17-20-11/h15H,5-6H2,1-4H3,(H2,13,17)(H,14,19)(H,16,18). The van der Waals surface area contributed by atoms with Gasteiger partial charge in [-0.25, -0.2) is 0 Å². The number of hydrogen-bond donors (Lipinski definition) is 4. The van der Waals surface area contributed by atoms with Gasteiger partial charge < -0.3 is 21.7 Å². The molecular formula is C12H21N5O2S. The van der Waals surface area contributed by atoms with Crippen LogP contribution in [-0.2, 0) is 4.79 Å². The zero-order chi connectivity index (χ0) is 15.3. The number of carbonyl (C=O) groups is 2. The fourth-order valence-corrected chi connectivity index (χ4v) is 2.27. The quantitative estimate of drug-likeness (QED) is 0.643. The van der Waals surface area contributed by atoms with E-state index in [-0.39, 0.29) is 23.2 Å². The summed E-state index contributed by atoms with van der Waals surface area (Å²) in [6.07, 6.45) is 0.308. The molecule has 0 atom stereocenters. The monoisotopic (exact) mass is 299 g/mol. The van der Waals surface area contributed by atoms with Crippen molar-refractivity contribution < 1.29 is 9.59 Å². The van der Waals surface area contributed by atoms with E-state index >= 15 is 0 Å². The zero-order valence-electron chi connectivity index (χ0n) is 12.2. The first kappa shape index (κ1) is 16.2. The number of nitrogen functional groups attached to an aromatic ring is 1. The minimum atomic E-state index is -0.294. The van der Waals surface area contributed by atoms with E-state index in [1.165, 1.54) is 7.05 Å². The molecular weight excluding hydrogens is 278 g/mol. The topological polar surface area (TPSA) is 109 Å². The summed E-state index contributed by atoms with van der Waals surface area (Å²) in [7, 11) is 1.53. The van der Waals surface area contributed by atoms with Crippen molar-refractivity contribution in [2.45, 2.75) is 32.7 Å². The van der Waals surface area contributed by atoms with Crippen LogP contribution in [0.2, 0.25) is 0 Å². The summed E-state index contributed by atoms with van der Waals surface area (Å²) in [5.41, 5.74) is 5.73. The smallest absolute Gasteiger partial charge is 0.257 e. The third-order valence-corrected chi connectivity index (χ3v) is 3.14. The van der Waals surface area contributed by atoms with Crippen molar-refractivity contribution in [2.75, 3.05) is 24.6 Å². The number of aromatic nitrogens is 1. The molecule has 0 unspecified atom stereocenters. The van der Waals surface area contributed by atoms with Crippen molar-refractivity contribution in [3.8, 4) is 0 Å². The highest BCUT2D eigenvalue weighted by atomic mass is 32.1. The summed E-state index contributed by atoms with van der Waals surface area (Å²) < 4.78 is 3.94. The lowest BCUT2D eigenvalue weighted by molar-refractivity contribution is -0.122.